The molecule has 3 heterocycles. The Balaban J connectivity index is 1.34. The molecule has 1 aliphatic heterocycles. The first-order chi connectivity index (χ1) is 30.9. The largest absolute Gasteiger partial charge is 0.481 e. The van der Waals surface area contributed by atoms with E-state index in [1.54, 1.807) is 0 Å². The third-order valence-corrected chi connectivity index (χ3v) is 14.1. The Morgan fingerprint density at radius 3 is 2.15 bits per heavy atom. The molecule has 1 aliphatic rings. The van der Waals surface area contributed by atoms with Gasteiger partial charge in [0.25, 0.3) is 0 Å². The number of Topliss-reactive ketones (excluding diaryl/α,β-unsaturated/α-hetero) is 1. The second-order valence-corrected chi connectivity index (χ2v) is 21.7. The number of hydrogen-bond donors (Lipinski definition) is 9. The van der Waals surface area contributed by atoms with E-state index in [1.807, 2.05) is 0 Å². The maximum absolute atomic E-state index is 12.7. The highest BCUT2D eigenvalue weighted by Crippen LogP contribution is 2.61. The van der Waals surface area contributed by atoms with E-state index >= 15 is 0 Å². The third kappa shape index (κ3) is 20.4. The first kappa shape index (κ1) is 57.5. The number of ketones is 1. The van der Waals surface area contributed by atoms with Crippen LogP contribution in [0.2, 0.25) is 0 Å². The molecule has 0 radical (unpaired) electrons. The maximum Gasteiger partial charge on any atom is 0.481 e. The summed E-state index contributed by atoms with van der Waals surface area (Å²) in [5, 5.41) is 26.2. The van der Waals surface area contributed by atoms with Gasteiger partial charge in [-0.15, -0.1) is 0 Å². The van der Waals surface area contributed by atoms with Crippen molar-refractivity contribution >= 4 is 74.9 Å². The molecule has 3 unspecified atom stereocenters. The fourth-order valence-electron chi connectivity index (χ4n) is 6.58. The van der Waals surface area contributed by atoms with Crippen molar-refractivity contribution in [3.05, 3.63) is 12.7 Å². The van der Waals surface area contributed by atoms with Crippen LogP contribution in [-0.2, 0) is 55.5 Å². The van der Waals surface area contributed by atoms with Crippen molar-refractivity contribution in [2.45, 2.75) is 141 Å². The van der Waals surface area contributed by atoms with Crippen molar-refractivity contribution in [3.63, 3.8) is 0 Å². The fourth-order valence-corrected chi connectivity index (χ4v) is 10.1. The zero-order valence-electron chi connectivity index (χ0n) is 37.2. The average molecular weight is 1020 g/mol. The number of rotatable bonds is 33. The topological polar surface area (TPSA) is 381 Å². The summed E-state index contributed by atoms with van der Waals surface area (Å²) in [5.41, 5.74) is 4.24. The first-order valence-corrected chi connectivity index (χ1v) is 27.0. The number of unbranched alkanes of at least 4 members (excludes halogenated alkanes) is 10. The number of aromatic nitrogens is 4. The van der Waals surface area contributed by atoms with Crippen molar-refractivity contribution in [3.8, 4) is 0 Å². The number of aliphatic hydroxyl groups excluding tert-OH is 2. The van der Waals surface area contributed by atoms with Crippen LogP contribution in [0.25, 0.3) is 11.2 Å². The van der Waals surface area contributed by atoms with Crippen molar-refractivity contribution in [1.82, 2.24) is 30.2 Å². The van der Waals surface area contributed by atoms with Crippen LogP contribution >= 0.6 is 35.2 Å². The summed E-state index contributed by atoms with van der Waals surface area (Å²) in [6.07, 6.45) is 6.01. The second-order valence-electron chi connectivity index (χ2n) is 16.3. The van der Waals surface area contributed by atoms with Crippen LogP contribution in [0.3, 0.4) is 0 Å². The summed E-state index contributed by atoms with van der Waals surface area (Å²) in [6.45, 7) is 2.55. The van der Waals surface area contributed by atoms with Gasteiger partial charge in [0.05, 0.1) is 26.0 Å². The number of ether oxygens (including phenoxy) is 1. The van der Waals surface area contributed by atoms with E-state index < -0.39 is 84.6 Å². The minimum atomic E-state index is -5.59. The van der Waals surface area contributed by atoms with Crippen molar-refractivity contribution in [1.29, 1.82) is 0 Å². The number of anilines is 1. The van der Waals surface area contributed by atoms with Crippen LogP contribution in [0.1, 0.15) is 117 Å². The van der Waals surface area contributed by atoms with Gasteiger partial charge in [-0.05, 0) is 6.42 Å². The van der Waals surface area contributed by atoms with Crippen LogP contribution in [0, 0.1) is 5.41 Å². The van der Waals surface area contributed by atoms with E-state index in [-0.39, 0.29) is 59.6 Å². The molecule has 0 spiro atoms. The lowest BCUT2D eigenvalue weighted by Gasteiger charge is -2.30. The minimum absolute atomic E-state index is 0.0262. The number of aliphatic hydroxyl groups is 2. The number of carbonyl (C=O) groups is 4. The number of nitrogen functional groups attached to an aromatic ring is 1. The zero-order valence-corrected chi connectivity index (χ0v) is 40.7. The van der Waals surface area contributed by atoms with Gasteiger partial charge in [-0.25, -0.2) is 28.6 Å². The number of phosphoric acid groups is 3. The van der Waals surface area contributed by atoms with Gasteiger partial charge in [0, 0.05) is 37.1 Å². The van der Waals surface area contributed by atoms with Crippen LogP contribution < -0.4 is 16.4 Å². The summed E-state index contributed by atoms with van der Waals surface area (Å²) in [6, 6.07) is 0. The number of carbonyl (C=O) groups excluding carboxylic acids is 4. The van der Waals surface area contributed by atoms with Gasteiger partial charge in [0.15, 0.2) is 22.8 Å². The summed E-state index contributed by atoms with van der Waals surface area (Å²) in [7, 11) is -16.4. The minimum Gasteiger partial charge on any atom is -0.386 e. The van der Waals surface area contributed by atoms with E-state index in [0.717, 1.165) is 54.7 Å². The Bertz CT molecular complexity index is 2040. The van der Waals surface area contributed by atoms with Crippen molar-refractivity contribution in [2.24, 2.45) is 5.41 Å². The highest BCUT2D eigenvalue weighted by Gasteiger charge is 2.50. The molecule has 0 bridgehead atoms. The normalized spacial score (nSPS) is 20.1. The number of fused-ring (bicyclic) bond motifs is 1. The number of hydrogen-bond acceptors (Lipinski definition) is 19. The molecule has 376 valence electrons. The van der Waals surface area contributed by atoms with Gasteiger partial charge >= 0.3 is 23.5 Å². The molecule has 66 heavy (non-hydrogen) atoms. The van der Waals surface area contributed by atoms with Gasteiger partial charge in [-0.1, -0.05) is 96.7 Å². The van der Waals surface area contributed by atoms with E-state index in [4.69, 9.17) is 19.5 Å². The first-order valence-electron chi connectivity index (χ1n) is 21.5. The molecule has 25 nitrogen and oxygen atoms in total. The molecule has 0 aliphatic carbocycles. The number of nitrogens with one attached hydrogen (secondary N) is 2. The van der Waals surface area contributed by atoms with Gasteiger partial charge in [0.1, 0.15) is 42.0 Å². The van der Waals surface area contributed by atoms with Gasteiger partial charge in [-0.3, -0.25) is 37.3 Å². The molecule has 0 aromatic carbocycles. The van der Waals surface area contributed by atoms with Crippen LogP contribution in [-0.4, -0.2) is 128 Å². The standard InChI is InChI=1S/C37H64N7O18P3S/c1-4-5-6-7-8-9-10-11-12-13-14-15-25(45)20-28(47)66-19-18-39-27(46)16-17-40-35(50)32(49)37(2,3)22-59-65(56,57)62-64(54,55)58-21-26-31(61-63(51,52)53)30(48)36(60-26)44-24-43-29-33(38)41-23-42-34(29)44/h23-24,26,30-32,36,48-49H,4-22H2,1-3H3,(H,39,46)(H,40,50)(H,54,55)(H,56,57)(H2,38,41,42)(H2,51,52,53)/t26-,30-,31-,32?,36-/m1/s1. The summed E-state index contributed by atoms with van der Waals surface area (Å²) in [4.78, 5) is 100. The van der Waals surface area contributed by atoms with E-state index in [2.05, 4.69) is 41.3 Å². The molecule has 7 atom stereocenters. The number of amides is 2. The molecular formula is C37H64N7O18P3S. The Morgan fingerprint density at radius 1 is 0.894 bits per heavy atom. The Morgan fingerprint density at radius 2 is 1.52 bits per heavy atom. The smallest absolute Gasteiger partial charge is 0.386 e. The molecular weight excluding hydrogens is 955 g/mol. The molecule has 0 saturated carbocycles. The summed E-state index contributed by atoms with van der Waals surface area (Å²) < 4.78 is 62.3. The lowest BCUT2D eigenvalue weighted by Crippen LogP contribution is -2.46. The Hall–Kier alpha value is -2.77. The molecule has 2 amide bonds. The number of nitrogens with two attached hydrogens (primary N) is 1. The highest BCUT2D eigenvalue weighted by molar-refractivity contribution is 8.13. The molecule has 3 rings (SSSR count). The number of thioether (sulfide) groups is 1. The third-order valence-electron chi connectivity index (χ3n) is 10.2. The van der Waals surface area contributed by atoms with Gasteiger partial charge in [0.2, 0.25) is 11.8 Å². The fraction of sp³-hybridized carbons (Fsp3) is 0.757. The molecule has 1 saturated heterocycles. The zero-order chi connectivity index (χ0) is 49.1. The maximum atomic E-state index is 12.7. The molecule has 1 fully saturated rings. The molecule has 29 heteroatoms. The predicted octanol–water partition coefficient (Wildman–Crippen LogP) is 3.33. The highest BCUT2D eigenvalue weighted by atomic mass is 32.2. The van der Waals surface area contributed by atoms with Gasteiger partial charge in [-0.2, -0.15) is 4.31 Å². The summed E-state index contributed by atoms with van der Waals surface area (Å²) in [5.74, 6) is -1.39. The lowest BCUT2D eigenvalue weighted by molar-refractivity contribution is -0.137. The molecule has 10 N–H and O–H groups in total. The SMILES string of the molecule is CCCCCCCCCCCCCC(=O)CC(=O)SCCNC(=O)CCNC(=O)C(O)C(C)(C)COP(=O)(O)OP(=O)(O)OC[C@H]1O[C@@H](n2cnc3c(N)ncnc32)[C@H](O)[C@@H]1OP(=O)(O)O. The van der Waals surface area contributed by atoms with Crippen LogP contribution in [0.15, 0.2) is 12.7 Å². The number of nitrogens with zero attached hydrogens (tertiary/aromatic N) is 4. The molecule has 2 aromatic rings. The van der Waals surface area contributed by atoms with E-state index in [9.17, 15) is 62.7 Å². The van der Waals surface area contributed by atoms with Crippen molar-refractivity contribution in [2.75, 3.05) is 37.8 Å². The Labute approximate surface area is 386 Å². The molecule has 2 aromatic heterocycles. The monoisotopic (exact) mass is 1020 g/mol. The number of imidazole rings is 1. The Kier molecular flexibility index (Phi) is 23.9. The van der Waals surface area contributed by atoms with Gasteiger partial charge < -0.3 is 50.9 Å². The van der Waals surface area contributed by atoms with Crippen LogP contribution in [0.4, 0.5) is 5.82 Å². The van der Waals surface area contributed by atoms with E-state index in [1.165, 1.54) is 58.8 Å². The lowest BCUT2D eigenvalue weighted by atomic mass is 9.87. The quantitative estimate of drug-likeness (QED) is 0.0281. The average Bonchev–Trinajstić information content (AvgIpc) is 3.79. The number of phosphoric ester groups is 3. The van der Waals surface area contributed by atoms with E-state index in [0.29, 0.717) is 6.42 Å². The predicted molar refractivity (Wildman–Crippen MR) is 238 cm³/mol. The summed E-state index contributed by atoms with van der Waals surface area (Å²) >= 11 is 0.937. The van der Waals surface area contributed by atoms with Crippen LogP contribution in [0.5, 0.6) is 0 Å². The van der Waals surface area contributed by atoms with Crippen molar-refractivity contribution < 1.29 is 85.3 Å². The second kappa shape index (κ2) is 27.4.